The number of amides is 2. The van der Waals surface area contributed by atoms with Crippen LogP contribution < -0.4 is 4.90 Å². The molecule has 1 N–H and O–H groups in total. The second-order valence-electron chi connectivity index (χ2n) is 4.37. The van der Waals surface area contributed by atoms with Crippen molar-refractivity contribution in [3.05, 3.63) is 24.0 Å². The van der Waals surface area contributed by atoms with Gasteiger partial charge < -0.3 is 5.11 Å². The predicted octanol–water partition coefficient (Wildman–Crippen LogP) is 1.07. The van der Waals surface area contributed by atoms with E-state index < -0.39 is 5.97 Å². The Bertz CT molecular complexity index is 509. The number of rotatable bonds is 2. The number of piperidine rings is 1. The monoisotopic (exact) mass is 248 g/mol. The van der Waals surface area contributed by atoms with Crippen LogP contribution in [0.5, 0.6) is 0 Å². The zero-order valence-corrected chi connectivity index (χ0v) is 9.79. The van der Waals surface area contributed by atoms with Crippen molar-refractivity contribution in [2.24, 2.45) is 5.92 Å². The van der Waals surface area contributed by atoms with Gasteiger partial charge in [0.05, 0.1) is 17.4 Å². The molecule has 18 heavy (non-hydrogen) atoms. The van der Waals surface area contributed by atoms with Gasteiger partial charge in [0, 0.05) is 19.0 Å². The number of imide groups is 1. The minimum absolute atomic E-state index is 0.0249. The van der Waals surface area contributed by atoms with Crippen molar-refractivity contribution in [3.8, 4) is 0 Å². The van der Waals surface area contributed by atoms with Gasteiger partial charge in [-0.2, -0.15) is 0 Å². The second kappa shape index (κ2) is 4.56. The van der Waals surface area contributed by atoms with Gasteiger partial charge in [0.2, 0.25) is 11.8 Å². The van der Waals surface area contributed by atoms with Gasteiger partial charge in [-0.1, -0.05) is 6.92 Å². The van der Waals surface area contributed by atoms with Gasteiger partial charge in [0.1, 0.15) is 0 Å². The number of hydrogen-bond acceptors (Lipinski definition) is 4. The van der Waals surface area contributed by atoms with Crippen molar-refractivity contribution in [2.45, 2.75) is 19.8 Å². The number of carboxylic acid groups (broad SMARTS) is 1. The highest BCUT2D eigenvalue weighted by Gasteiger charge is 2.31. The molecule has 1 saturated heterocycles. The number of nitrogens with zero attached hydrogens (tertiary/aromatic N) is 2. The van der Waals surface area contributed by atoms with Gasteiger partial charge in [-0.25, -0.2) is 9.69 Å². The Morgan fingerprint density at radius 3 is 2.50 bits per heavy atom. The summed E-state index contributed by atoms with van der Waals surface area (Å²) in [5.41, 5.74) is 0.170. The molecule has 94 valence electrons. The van der Waals surface area contributed by atoms with Crippen LogP contribution in [0.1, 0.15) is 30.1 Å². The van der Waals surface area contributed by atoms with E-state index in [1.54, 1.807) is 0 Å². The summed E-state index contributed by atoms with van der Waals surface area (Å²) in [4.78, 5) is 39.2. The number of pyridine rings is 1. The summed E-state index contributed by atoms with van der Waals surface area (Å²) < 4.78 is 0. The SMILES string of the molecule is CC1CC(=O)N(c2cncc(C(=O)O)c2)C(=O)C1. The van der Waals surface area contributed by atoms with Gasteiger partial charge in [-0.05, 0) is 12.0 Å². The Labute approximate surface area is 103 Å². The van der Waals surface area contributed by atoms with Gasteiger partial charge in [-0.3, -0.25) is 14.6 Å². The summed E-state index contributed by atoms with van der Waals surface area (Å²) in [6.45, 7) is 1.83. The van der Waals surface area contributed by atoms with Crippen molar-refractivity contribution in [1.29, 1.82) is 0 Å². The molecule has 6 nitrogen and oxygen atoms in total. The molecule has 1 aliphatic heterocycles. The number of anilines is 1. The molecule has 1 fully saturated rings. The van der Waals surface area contributed by atoms with Crippen LogP contribution in [0, 0.1) is 5.92 Å². The first-order valence-electron chi connectivity index (χ1n) is 5.53. The smallest absolute Gasteiger partial charge is 0.337 e. The highest BCUT2D eigenvalue weighted by molar-refractivity contribution is 6.16. The topological polar surface area (TPSA) is 87.6 Å². The lowest BCUT2D eigenvalue weighted by Crippen LogP contribution is -2.43. The van der Waals surface area contributed by atoms with Crippen LogP contribution in [0.15, 0.2) is 18.5 Å². The van der Waals surface area contributed by atoms with E-state index in [2.05, 4.69) is 4.98 Å². The lowest BCUT2D eigenvalue weighted by Gasteiger charge is -2.28. The lowest BCUT2D eigenvalue weighted by atomic mass is 9.97. The van der Waals surface area contributed by atoms with Crippen molar-refractivity contribution in [1.82, 2.24) is 4.98 Å². The summed E-state index contributed by atoms with van der Waals surface area (Å²) in [7, 11) is 0. The fourth-order valence-electron chi connectivity index (χ4n) is 1.95. The molecule has 0 atom stereocenters. The van der Waals surface area contributed by atoms with Crippen molar-refractivity contribution < 1.29 is 19.5 Å². The standard InChI is InChI=1S/C12H12N2O4/c1-7-2-10(15)14(11(16)3-7)9-4-8(12(17)18)5-13-6-9/h4-7H,2-3H2,1H3,(H,17,18). The number of aromatic carboxylic acids is 1. The second-order valence-corrected chi connectivity index (χ2v) is 4.37. The molecule has 1 aliphatic rings. The first kappa shape index (κ1) is 12.2. The van der Waals surface area contributed by atoms with Crippen molar-refractivity contribution >= 4 is 23.5 Å². The molecule has 0 radical (unpaired) electrons. The van der Waals surface area contributed by atoms with Crippen LogP contribution in [-0.4, -0.2) is 27.9 Å². The summed E-state index contributed by atoms with van der Waals surface area (Å²) in [6, 6.07) is 1.28. The number of aromatic nitrogens is 1. The summed E-state index contributed by atoms with van der Waals surface area (Å²) in [6.07, 6.45) is 3.05. The molecule has 2 rings (SSSR count). The van der Waals surface area contributed by atoms with Gasteiger partial charge in [-0.15, -0.1) is 0 Å². The molecule has 1 aromatic heterocycles. The molecule has 0 saturated carbocycles. The molecular weight excluding hydrogens is 236 g/mol. The number of hydrogen-bond donors (Lipinski definition) is 1. The average molecular weight is 248 g/mol. The van der Waals surface area contributed by atoms with E-state index in [-0.39, 0.29) is 41.8 Å². The van der Waals surface area contributed by atoms with Crippen LogP contribution in [0.3, 0.4) is 0 Å². The van der Waals surface area contributed by atoms with Crippen LogP contribution >= 0.6 is 0 Å². The Hall–Kier alpha value is -2.24. The van der Waals surface area contributed by atoms with E-state index in [0.717, 1.165) is 4.90 Å². The largest absolute Gasteiger partial charge is 0.478 e. The molecule has 6 heteroatoms. The van der Waals surface area contributed by atoms with E-state index in [4.69, 9.17) is 5.11 Å². The molecular formula is C12H12N2O4. The van der Waals surface area contributed by atoms with Gasteiger partial charge in [0.15, 0.2) is 0 Å². The third-order valence-corrected chi connectivity index (χ3v) is 2.77. The van der Waals surface area contributed by atoms with E-state index in [1.165, 1.54) is 18.5 Å². The lowest BCUT2D eigenvalue weighted by molar-refractivity contribution is -0.130. The highest BCUT2D eigenvalue weighted by Crippen LogP contribution is 2.25. The maximum Gasteiger partial charge on any atom is 0.337 e. The molecule has 2 heterocycles. The van der Waals surface area contributed by atoms with E-state index in [0.29, 0.717) is 0 Å². The molecule has 2 amide bonds. The zero-order chi connectivity index (χ0) is 13.3. The summed E-state index contributed by atoms with van der Waals surface area (Å²) in [5, 5.41) is 8.85. The number of carbonyl (C=O) groups excluding carboxylic acids is 2. The Morgan fingerprint density at radius 1 is 1.33 bits per heavy atom. The number of carboxylic acids is 1. The molecule has 0 spiro atoms. The van der Waals surface area contributed by atoms with Crippen LogP contribution in [-0.2, 0) is 9.59 Å². The quantitative estimate of drug-likeness (QED) is 0.791. The fraction of sp³-hybridized carbons (Fsp3) is 0.333. The minimum atomic E-state index is -1.14. The third kappa shape index (κ3) is 2.22. The Balaban J connectivity index is 2.36. The highest BCUT2D eigenvalue weighted by atomic mass is 16.4. The predicted molar refractivity (Wildman–Crippen MR) is 62.1 cm³/mol. The average Bonchev–Trinajstić information content (AvgIpc) is 2.28. The van der Waals surface area contributed by atoms with Crippen LogP contribution in [0.2, 0.25) is 0 Å². The molecule has 1 aromatic rings. The maximum absolute atomic E-state index is 11.8. The Kier molecular flexibility index (Phi) is 3.10. The van der Waals surface area contributed by atoms with Crippen LogP contribution in [0.4, 0.5) is 5.69 Å². The van der Waals surface area contributed by atoms with E-state index >= 15 is 0 Å². The molecule has 0 aromatic carbocycles. The third-order valence-electron chi connectivity index (χ3n) is 2.77. The van der Waals surface area contributed by atoms with E-state index in [1.807, 2.05) is 6.92 Å². The molecule has 0 bridgehead atoms. The minimum Gasteiger partial charge on any atom is -0.478 e. The zero-order valence-electron chi connectivity index (χ0n) is 9.79. The summed E-state index contributed by atoms with van der Waals surface area (Å²) in [5.74, 6) is -1.75. The van der Waals surface area contributed by atoms with E-state index in [9.17, 15) is 14.4 Å². The van der Waals surface area contributed by atoms with Crippen molar-refractivity contribution in [3.63, 3.8) is 0 Å². The first-order chi connectivity index (χ1) is 8.49. The van der Waals surface area contributed by atoms with Gasteiger partial charge >= 0.3 is 5.97 Å². The van der Waals surface area contributed by atoms with Crippen molar-refractivity contribution in [2.75, 3.05) is 4.90 Å². The maximum atomic E-state index is 11.8. The summed E-state index contributed by atoms with van der Waals surface area (Å²) >= 11 is 0. The fourth-order valence-corrected chi connectivity index (χ4v) is 1.95. The molecule has 0 unspecified atom stereocenters. The van der Waals surface area contributed by atoms with Crippen LogP contribution in [0.25, 0.3) is 0 Å². The molecule has 0 aliphatic carbocycles. The number of carbonyl (C=O) groups is 3. The first-order valence-corrected chi connectivity index (χ1v) is 5.53. The normalized spacial score (nSPS) is 17.1. The Morgan fingerprint density at radius 2 is 1.94 bits per heavy atom. The van der Waals surface area contributed by atoms with Gasteiger partial charge in [0.25, 0.3) is 0 Å².